The molecule has 2 aromatic rings. The quantitative estimate of drug-likeness (QED) is 0.896. The first-order valence-corrected chi connectivity index (χ1v) is 5.93. The normalized spacial score (nSPS) is 10.7. The van der Waals surface area contributed by atoms with Gasteiger partial charge in [-0.25, -0.2) is 0 Å². The van der Waals surface area contributed by atoms with E-state index in [1.807, 2.05) is 43.1 Å². The van der Waals surface area contributed by atoms with Crippen molar-refractivity contribution < 1.29 is 9.84 Å². The number of aliphatic hydroxyl groups is 1. The van der Waals surface area contributed by atoms with E-state index in [9.17, 15) is 0 Å². The number of methoxy groups -OCH3 is 1. The molecule has 2 rings (SSSR count). The van der Waals surface area contributed by atoms with Crippen LogP contribution < -0.4 is 9.64 Å². The number of aromatic nitrogens is 1. The molecule has 1 aromatic heterocycles. The van der Waals surface area contributed by atoms with Gasteiger partial charge in [0.2, 0.25) is 0 Å². The Kier molecular flexibility index (Phi) is 3.67. The lowest BCUT2D eigenvalue weighted by molar-refractivity contribution is 0.304. The maximum absolute atomic E-state index is 9.04. The molecular formula is C14H18N2O2. The number of pyridine rings is 1. The first-order chi connectivity index (χ1) is 8.65. The molecule has 0 saturated carbocycles. The zero-order valence-electron chi connectivity index (χ0n) is 11.0. The Morgan fingerprint density at radius 2 is 2.11 bits per heavy atom. The number of fused-ring (bicyclic) bond motifs is 1. The molecule has 1 N–H and O–H groups in total. The van der Waals surface area contributed by atoms with E-state index in [1.165, 1.54) is 0 Å². The van der Waals surface area contributed by atoms with Crippen molar-refractivity contribution in [3.8, 4) is 5.75 Å². The van der Waals surface area contributed by atoms with Gasteiger partial charge in [-0.1, -0.05) is 0 Å². The summed E-state index contributed by atoms with van der Waals surface area (Å²) >= 11 is 0. The van der Waals surface area contributed by atoms with Gasteiger partial charge in [0.05, 0.1) is 19.2 Å². The molecule has 0 spiro atoms. The minimum Gasteiger partial charge on any atom is -0.497 e. The molecule has 0 atom stereocenters. The molecule has 4 heteroatoms. The highest BCUT2D eigenvalue weighted by molar-refractivity contribution is 5.92. The van der Waals surface area contributed by atoms with E-state index < -0.39 is 0 Å². The van der Waals surface area contributed by atoms with E-state index in [4.69, 9.17) is 9.84 Å². The summed E-state index contributed by atoms with van der Waals surface area (Å²) in [5.74, 6) is 0.802. The number of hydrogen-bond donors (Lipinski definition) is 1. The standard InChI is InChI=1S/C14H18N2O2/c1-10-8-14(16(2)6-7-17)12-5-4-11(18-3)9-13(12)15-10/h4-5,8-9,17H,6-7H2,1-3H3. The smallest absolute Gasteiger partial charge is 0.121 e. The maximum Gasteiger partial charge on any atom is 0.121 e. The number of likely N-dealkylation sites (N-methyl/N-ethyl adjacent to an activating group) is 1. The topological polar surface area (TPSA) is 45.6 Å². The fraction of sp³-hybridized carbons (Fsp3) is 0.357. The second-order valence-corrected chi connectivity index (χ2v) is 4.31. The van der Waals surface area contributed by atoms with Crippen LogP contribution in [0.3, 0.4) is 0 Å². The van der Waals surface area contributed by atoms with Gasteiger partial charge in [0.15, 0.2) is 0 Å². The lowest BCUT2D eigenvalue weighted by Crippen LogP contribution is -2.21. The Balaban J connectivity index is 2.58. The van der Waals surface area contributed by atoms with Crippen LogP contribution in [0.4, 0.5) is 5.69 Å². The molecule has 18 heavy (non-hydrogen) atoms. The molecule has 0 bridgehead atoms. The lowest BCUT2D eigenvalue weighted by atomic mass is 10.1. The maximum atomic E-state index is 9.04. The number of anilines is 1. The molecule has 0 aliphatic rings. The summed E-state index contributed by atoms with van der Waals surface area (Å²) in [6, 6.07) is 7.89. The zero-order chi connectivity index (χ0) is 13.1. The summed E-state index contributed by atoms with van der Waals surface area (Å²) in [4.78, 5) is 6.55. The third-order valence-corrected chi connectivity index (χ3v) is 2.97. The van der Waals surface area contributed by atoms with Crippen molar-refractivity contribution in [2.45, 2.75) is 6.92 Å². The molecule has 0 fully saturated rings. The van der Waals surface area contributed by atoms with Gasteiger partial charge in [0.25, 0.3) is 0 Å². The van der Waals surface area contributed by atoms with Gasteiger partial charge in [-0.15, -0.1) is 0 Å². The summed E-state index contributed by atoms with van der Waals surface area (Å²) in [6.45, 7) is 2.70. The Morgan fingerprint density at radius 1 is 1.33 bits per heavy atom. The summed E-state index contributed by atoms with van der Waals surface area (Å²) < 4.78 is 5.22. The molecular weight excluding hydrogens is 228 g/mol. The molecule has 96 valence electrons. The van der Waals surface area contributed by atoms with E-state index in [1.54, 1.807) is 7.11 Å². The number of nitrogens with zero attached hydrogens (tertiary/aromatic N) is 2. The van der Waals surface area contributed by atoms with Crippen molar-refractivity contribution in [1.82, 2.24) is 4.98 Å². The largest absolute Gasteiger partial charge is 0.497 e. The van der Waals surface area contributed by atoms with E-state index in [0.717, 1.165) is 28.0 Å². The highest BCUT2D eigenvalue weighted by atomic mass is 16.5. The number of benzene rings is 1. The van der Waals surface area contributed by atoms with Crippen LogP contribution >= 0.6 is 0 Å². The van der Waals surface area contributed by atoms with Crippen LogP contribution in [0.5, 0.6) is 5.75 Å². The van der Waals surface area contributed by atoms with Crippen LogP contribution in [0, 0.1) is 6.92 Å². The summed E-state index contributed by atoms with van der Waals surface area (Å²) in [5, 5.41) is 10.1. The van der Waals surface area contributed by atoms with Crippen LogP contribution in [0.2, 0.25) is 0 Å². The number of rotatable bonds is 4. The van der Waals surface area contributed by atoms with Crippen LogP contribution in [0.1, 0.15) is 5.69 Å². The SMILES string of the molecule is COc1ccc2c(N(C)CCO)cc(C)nc2c1. The fourth-order valence-corrected chi connectivity index (χ4v) is 2.03. The lowest BCUT2D eigenvalue weighted by Gasteiger charge is -2.20. The van der Waals surface area contributed by atoms with Gasteiger partial charge >= 0.3 is 0 Å². The molecule has 4 nitrogen and oxygen atoms in total. The number of aryl methyl sites for hydroxylation is 1. The third-order valence-electron chi connectivity index (χ3n) is 2.97. The van der Waals surface area contributed by atoms with Gasteiger partial charge in [-0.05, 0) is 25.1 Å². The molecule has 1 heterocycles. The number of ether oxygens (including phenoxy) is 1. The van der Waals surface area contributed by atoms with Crippen molar-refractivity contribution in [3.05, 3.63) is 30.0 Å². The predicted molar refractivity (Wildman–Crippen MR) is 73.4 cm³/mol. The first kappa shape index (κ1) is 12.6. The average molecular weight is 246 g/mol. The Bertz CT molecular complexity index is 555. The van der Waals surface area contributed by atoms with E-state index >= 15 is 0 Å². The van der Waals surface area contributed by atoms with Crippen molar-refractivity contribution in [2.75, 3.05) is 32.2 Å². The van der Waals surface area contributed by atoms with Gasteiger partial charge in [-0.2, -0.15) is 0 Å². The summed E-state index contributed by atoms with van der Waals surface area (Å²) in [7, 11) is 3.62. The van der Waals surface area contributed by atoms with Gasteiger partial charge in [0.1, 0.15) is 5.75 Å². The minimum absolute atomic E-state index is 0.134. The number of hydrogen-bond acceptors (Lipinski definition) is 4. The van der Waals surface area contributed by atoms with Crippen LogP contribution in [0.15, 0.2) is 24.3 Å². The predicted octanol–water partition coefficient (Wildman–Crippen LogP) is 1.98. The molecule has 0 unspecified atom stereocenters. The Labute approximate surface area is 107 Å². The van der Waals surface area contributed by atoms with Crippen molar-refractivity contribution in [1.29, 1.82) is 0 Å². The average Bonchev–Trinajstić information content (AvgIpc) is 2.37. The molecule has 0 radical (unpaired) electrons. The van der Waals surface area contributed by atoms with Gasteiger partial charge in [-0.3, -0.25) is 4.98 Å². The van der Waals surface area contributed by atoms with E-state index in [-0.39, 0.29) is 6.61 Å². The van der Waals surface area contributed by atoms with Crippen LogP contribution in [-0.2, 0) is 0 Å². The number of aliphatic hydroxyl groups excluding tert-OH is 1. The van der Waals surface area contributed by atoms with E-state index in [2.05, 4.69) is 4.98 Å². The van der Waals surface area contributed by atoms with Crippen LogP contribution in [0.25, 0.3) is 10.9 Å². The van der Waals surface area contributed by atoms with Crippen LogP contribution in [-0.4, -0.2) is 37.4 Å². The minimum atomic E-state index is 0.134. The molecule has 0 aliphatic carbocycles. The first-order valence-electron chi connectivity index (χ1n) is 5.93. The Hall–Kier alpha value is -1.81. The van der Waals surface area contributed by atoms with Crippen molar-refractivity contribution >= 4 is 16.6 Å². The molecule has 0 amide bonds. The second kappa shape index (κ2) is 5.23. The zero-order valence-corrected chi connectivity index (χ0v) is 11.0. The summed E-state index contributed by atoms with van der Waals surface area (Å²) in [5.41, 5.74) is 2.94. The Morgan fingerprint density at radius 3 is 2.78 bits per heavy atom. The fourth-order valence-electron chi connectivity index (χ4n) is 2.03. The van der Waals surface area contributed by atoms with Crippen molar-refractivity contribution in [3.63, 3.8) is 0 Å². The molecule has 0 aliphatic heterocycles. The third kappa shape index (κ3) is 2.38. The molecule has 1 aromatic carbocycles. The van der Waals surface area contributed by atoms with Crippen molar-refractivity contribution in [2.24, 2.45) is 0 Å². The molecule has 0 saturated heterocycles. The highest BCUT2D eigenvalue weighted by Gasteiger charge is 2.08. The summed E-state index contributed by atoms with van der Waals surface area (Å²) in [6.07, 6.45) is 0. The van der Waals surface area contributed by atoms with Gasteiger partial charge in [0, 0.05) is 36.4 Å². The second-order valence-electron chi connectivity index (χ2n) is 4.31. The van der Waals surface area contributed by atoms with E-state index in [0.29, 0.717) is 6.54 Å². The monoisotopic (exact) mass is 246 g/mol. The highest BCUT2D eigenvalue weighted by Crippen LogP contribution is 2.28. The van der Waals surface area contributed by atoms with Gasteiger partial charge < -0.3 is 14.7 Å².